The van der Waals surface area contributed by atoms with Crippen LogP contribution in [0.1, 0.15) is 11.1 Å². The molecule has 0 saturated heterocycles. The Balaban J connectivity index is 2.29. The molecule has 0 saturated carbocycles. The first kappa shape index (κ1) is 11.3. The maximum absolute atomic E-state index is 4.35. The summed E-state index contributed by atoms with van der Waals surface area (Å²) < 4.78 is 1.06. The van der Waals surface area contributed by atoms with Gasteiger partial charge in [-0.15, -0.1) is 12.6 Å². The van der Waals surface area contributed by atoms with Crippen molar-refractivity contribution in [3.05, 3.63) is 64.1 Å². The van der Waals surface area contributed by atoms with Crippen LogP contribution in [0.15, 0.2) is 57.9 Å². The lowest BCUT2D eigenvalue weighted by molar-refractivity contribution is 1.43. The molecule has 78 valence electrons. The Labute approximate surface area is 109 Å². The fraction of sp³-hybridized carbons (Fsp3) is 0. The molecule has 0 radical (unpaired) electrons. The number of benzene rings is 2. The van der Waals surface area contributed by atoms with Gasteiger partial charge in [0.2, 0.25) is 0 Å². The van der Waals surface area contributed by atoms with Crippen LogP contribution in [0.2, 0.25) is 0 Å². The van der Waals surface area contributed by atoms with E-state index in [0.717, 1.165) is 20.5 Å². The average Bonchev–Trinajstić information content (AvgIpc) is 2.30. The average molecular weight is 289 g/mol. The summed E-state index contributed by atoms with van der Waals surface area (Å²) >= 11 is 7.74. The van der Waals surface area contributed by atoms with E-state index in [9.17, 15) is 0 Å². The molecule has 0 atom stereocenters. The standard InChI is InChI=1S/C14H9BrS/c15-13-9-6-11(7-10-13)5-8-12-3-1-2-4-14(12)16/h1-4,6-7,9-10,16H. The molecule has 0 bridgehead atoms. The third-order valence-corrected chi connectivity index (χ3v) is 3.01. The number of hydrogen-bond donors (Lipinski definition) is 1. The highest BCUT2D eigenvalue weighted by atomic mass is 79.9. The molecule has 0 aliphatic heterocycles. The molecule has 0 N–H and O–H groups in total. The van der Waals surface area contributed by atoms with Gasteiger partial charge in [-0.1, -0.05) is 39.9 Å². The summed E-state index contributed by atoms with van der Waals surface area (Å²) in [4.78, 5) is 0.909. The van der Waals surface area contributed by atoms with Gasteiger partial charge < -0.3 is 0 Å². The van der Waals surface area contributed by atoms with E-state index in [2.05, 4.69) is 40.4 Å². The molecule has 2 aromatic carbocycles. The van der Waals surface area contributed by atoms with Crippen LogP contribution in [0.25, 0.3) is 0 Å². The van der Waals surface area contributed by atoms with E-state index in [4.69, 9.17) is 0 Å². The smallest absolute Gasteiger partial charge is 0.0382 e. The van der Waals surface area contributed by atoms with Gasteiger partial charge in [0.05, 0.1) is 0 Å². The van der Waals surface area contributed by atoms with Gasteiger partial charge in [-0.2, -0.15) is 0 Å². The van der Waals surface area contributed by atoms with E-state index >= 15 is 0 Å². The van der Waals surface area contributed by atoms with Gasteiger partial charge in [0.25, 0.3) is 0 Å². The molecule has 0 fully saturated rings. The highest BCUT2D eigenvalue weighted by Gasteiger charge is 1.92. The molecule has 0 unspecified atom stereocenters. The third kappa shape index (κ3) is 2.91. The summed E-state index contributed by atoms with van der Waals surface area (Å²) in [5, 5.41) is 0. The van der Waals surface area contributed by atoms with Crippen LogP contribution >= 0.6 is 28.6 Å². The van der Waals surface area contributed by atoms with Gasteiger partial charge in [-0.05, 0) is 36.4 Å². The second-order valence-electron chi connectivity index (χ2n) is 3.27. The zero-order valence-corrected chi connectivity index (χ0v) is 10.9. The lowest BCUT2D eigenvalue weighted by atomic mass is 10.2. The molecule has 0 amide bonds. The van der Waals surface area contributed by atoms with Gasteiger partial charge in [-0.3, -0.25) is 0 Å². The van der Waals surface area contributed by atoms with Crippen molar-refractivity contribution in [2.45, 2.75) is 4.90 Å². The Morgan fingerprint density at radius 2 is 1.56 bits per heavy atom. The summed E-state index contributed by atoms with van der Waals surface area (Å²) in [6.07, 6.45) is 0. The van der Waals surface area contributed by atoms with Crippen molar-refractivity contribution >= 4 is 28.6 Å². The van der Waals surface area contributed by atoms with E-state index in [0.29, 0.717) is 0 Å². The minimum absolute atomic E-state index is 0.909. The van der Waals surface area contributed by atoms with Crippen LogP contribution in [0.4, 0.5) is 0 Å². The van der Waals surface area contributed by atoms with Crippen molar-refractivity contribution in [1.29, 1.82) is 0 Å². The van der Waals surface area contributed by atoms with E-state index in [1.807, 2.05) is 48.5 Å². The van der Waals surface area contributed by atoms with E-state index < -0.39 is 0 Å². The Hall–Kier alpha value is -1.17. The lowest BCUT2D eigenvalue weighted by Gasteiger charge is -1.94. The van der Waals surface area contributed by atoms with Crippen molar-refractivity contribution < 1.29 is 0 Å². The summed E-state index contributed by atoms with van der Waals surface area (Å²) in [6, 6.07) is 15.8. The van der Waals surface area contributed by atoms with E-state index in [1.54, 1.807) is 0 Å². The second-order valence-corrected chi connectivity index (χ2v) is 4.67. The van der Waals surface area contributed by atoms with Crippen LogP contribution in [0, 0.1) is 11.8 Å². The molecule has 2 rings (SSSR count). The Morgan fingerprint density at radius 1 is 0.875 bits per heavy atom. The molecule has 0 heterocycles. The minimum atomic E-state index is 0.909. The van der Waals surface area contributed by atoms with Gasteiger partial charge in [0.1, 0.15) is 0 Å². The Morgan fingerprint density at radius 3 is 2.25 bits per heavy atom. The van der Waals surface area contributed by atoms with Crippen LogP contribution in [-0.4, -0.2) is 0 Å². The quantitative estimate of drug-likeness (QED) is 0.547. The van der Waals surface area contributed by atoms with Crippen molar-refractivity contribution in [2.75, 3.05) is 0 Å². The third-order valence-electron chi connectivity index (χ3n) is 2.09. The molecule has 0 nitrogen and oxygen atoms in total. The monoisotopic (exact) mass is 288 g/mol. The number of halogens is 1. The number of hydrogen-bond acceptors (Lipinski definition) is 1. The predicted molar refractivity (Wildman–Crippen MR) is 73.8 cm³/mol. The molecule has 0 aliphatic rings. The Bertz CT molecular complexity index is 547. The Kier molecular flexibility index (Phi) is 3.71. The molecule has 16 heavy (non-hydrogen) atoms. The van der Waals surface area contributed by atoms with Gasteiger partial charge >= 0.3 is 0 Å². The first-order chi connectivity index (χ1) is 7.75. The van der Waals surface area contributed by atoms with Gasteiger partial charge in [-0.25, -0.2) is 0 Å². The predicted octanol–water partition coefficient (Wildman–Crippen LogP) is 4.14. The molecule has 2 heteroatoms. The number of rotatable bonds is 0. The fourth-order valence-corrected chi connectivity index (χ4v) is 1.73. The molecule has 2 aromatic rings. The largest absolute Gasteiger partial charge is 0.142 e. The maximum atomic E-state index is 4.35. The highest BCUT2D eigenvalue weighted by Crippen LogP contribution is 2.12. The van der Waals surface area contributed by atoms with Crippen LogP contribution in [-0.2, 0) is 0 Å². The molecule has 0 aromatic heterocycles. The van der Waals surface area contributed by atoms with E-state index in [-0.39, 0.29) is 0 Å². The van der Waals surface area contributed by atoms with Gasteiger partial charge in [0.15, 0.2) is 0 Å². The van der Waals surface area contributed by atoms with Crippen molar-refractivity contribution in [3.8, 4) is 11.8 Å². The van der Waals surface area contributed by atoms with E-state index in [1.165, 1.54) is 0 Å². The van der Waals surface area contributed by atoms with Crippen molar-refractivity contribution in [1.82, 2.24) is 0 Å². The van der Waals surface area contributed by atoms with Crippen molar-refractivity contribution in [2.24, 2.45) is 0 Å². The first-order valence-electron chi connectivity index (χ1n) is 4.81. The molecule has 0 spiro atoms. The van der Waals surface area contributed by atoms with Crippen LogP contribution < -0.4 is 0 Å². The van der Waals surface area contributed by atoms with Crippen LogP contribution in [0.5, 0.6) is 0 Å². The normalized spacial score (nSPS) is 9.38. The summed E-state index contributed by atoms with van der Waals surface area (Å²) in [6.45, 7) is 0. The fourth-order valence-electron chi connectivity index (χ4n) is 1.25. The summed E-state index contributed by atoms with van der Waals surface area (Å²) in [5.74, 6) is 6.22. The van der Waals surface area contributed by atoms with Crippen molar-refractivity contribution in [3.63, 3.8) is 0 Å². The number of thiol groups is 1. The molecular weight excluding hydrogens is 280 g/mol. The minimum Gasteiger partial charge on any atom is -0.142 e. The topological polar surface area (TPSA) is 0 Å². The molecular formula is C14H9BrS. The summed E-state index contributed by atoms with van der Waals surface area (Å²) in [7, 11) is 0. The SMILES string of the molecule is Sc1ccccc1C#Cc1ccc(Br)cc1. The lowest BCUT2D eigenvalue weighted by Crippen LogP contribution is -1.77. The first-order valence-corrected chi connectivity index (χ1v) is 6.05. The second kappa shape index (κ2) is 5.25. The summed E-state index contributed by atoms with van der Waals surface area (Å²) in [5.41, 5.74) is 1.95. The maximum Gasteiger partial charge on any atom is 0.0382 e. The van der Waals surface area contributed by atoms with Gasteiger partial charge in [0, 0.05) is 20.5 Å². The van der Waals surface area contributed by atoms with Crippen LogP contribution in [0.3, 0.4) is 0 Å². The zero-order valence-electron chi connectivity index (χ0n) is 8.44. The highest BCUT2D eigenvalue weighted by molar-refractivity contribution is 9.10. The zero-order chi connectivity index (χ0) is 11.4. The molecule has 0 aliphatic carbocycles.